The normalized spacial score (nSPS) is 11.5. The van der Waals surface area contributed by atoms with Crippen LogP contribution in [0.4, 0.5) is 5.00 Å². The van der Waals surface area contributed by atoms with Gasteiger partial charge in [-0.05, 0) is 12.0 Å². The van der Waals surface area contributed by atoms with Crippen LogP contribution in [0.1, 0.15) is 5.56 Å². The molecule has 1 aromatic heterocycles. The zero-order valence-corrected chi connectivity index (χ0v) is 9.09. The number of nitrogens with zero attached hydrogens (tertiary/aromatic N) is 1. The van der Waals surface area contributed by atoms with E-state index in [-0.39, 0.29) is 23.8 Å². The molecular formula is C7H9ClN2O4S. The lowest BCUT2D eigenvalue weighted by Crippen LogP contribution is -2.32. The summed E-state index contributed by atoms with van der Waals surface area (Å²) in [6.45, 7) is 0. The topological polar surface area (TPSA) is 106 Å². The Hall–Kier alpha value is -1.18. The molecule has 0 amide bonds. The molecule has 6 nitrogen and oxygen atoms in total. The third kappa shape index (κ3) is 3.82. The summed E-state index contributed by atoms with van der Waals surface area (Å²) in [4.78, 5) is 20.2. The Morgan fingerprint density at radius 2 is 2.33 bits per heavy atom. The van der Waals surface area contributed by atoms with E-state index in [1.807, 2.05) is 0 Å². The number of carbonyl (C=O) groups is 1. The highest BCUT2D eigenvalue weighted by molar-refractivity contribution is 7.13. The van der Waals surface area contributed by atoms with Crippen molar-refractivity contribution in [3.05, 3.63) is 27.1 Å². The molecule has 0 fully saturated rings. The van der Waals surface area contributed by atoms with Crippen LogP contribution in [-0.2, 0) is 11.2 Å². The molecule has 8 heteroatoms. The van der Waals surface area contributed by atoms with Crippen molar-refractivity contribution in [3.8, 4) is 0 Å². The van der Waals surface area contributed by atoms with Crippen molar-refractivity contribution in [3.63, 3.8) is 0 Å². The lowest BCUT2D eigenvalue weighted by atomic mass is 10.1. The van der Waals surface area contributed by atoms with Gasteiger partial charge in [-0.15, -0.1) is 12.4 Å². The molecule has 0 saturated carbocycles. The monoisotopic (exact) mass is 252 g/mol. The minimum absolute atomic E-state index is 0. The summed E-state index contributed by atoms with van der Waals surface area (Å²) in [5, 5.41) is 20.3. The number of hydrogen-bond acceptors (Lipinski definition) is 5. The second kappa shape index (κ2) is 5.64. The van der Waals surface area contributed by atoms with Crippen molar-refractivity contribution in [1.29, 1.82) is 0 Å². The van der Waals surface area contributed by atoms with Crippen LogP contribution >= 0.6 is 23.7 Å². The predicted molar refractivity (Wildman–Crippen MR) is 57.5 cm³/mol. The molecule has 0 radical (unpaired) electrons. The van der Waals surface area contributed by atoms with Gasteiger partial charge in [-0.3, -0.25) is 14.9 Å². The summed E-state index contributed by atoms with van der Waals surface area (Å²) in [5.74, 6) is -1.11. The fraction of sp³-hybridized carbons (Fsp3) is 0.286. The summed E-state index contributed by atoms with van der Waals surface area (Å²) in [7, 11) is 0. The molecule has 3 N–H and O–H groups in total. The van der Waals surface area contributed by atoms with E-state index in [0.717, 1.165) is 11.3 Å². The number of aliphatic carboxylic acids is 1. The highest BCUT2D eigenvalue weighted by Crippen LogP contribution is 2.23. The number of hydrogen-bond donors (Lipinski definition) is 2. The maximum atomic E-state index is 10.4. The van der Waals surface area contributed by atoms with Gasteiger partial charge in [0, 0.05) is 11.4 Å². The Labute approximate surface area is 95.3 Å². The van der Waals surface area contributed by atoms with Crippen LogP contribution in [0.25, 0.3) is 0 Å². The van der Waals surface area contributed by atoms with Gasteiger partial charge in [0.2, 0.25) is 0 Å². The van der Waals surface area contributed by atoms with E-state index in [1.54, 1.807) is 5.38 Å². The van der Waals surface area contributed by atoms with Crippen molar-refractivity contribution < 1.29 is 14.8 Å². The number of nitro groups is 1. The van der Waals surface area contributed by atoms with Crippen LogP contribution in [0.3, 0.4) is 0 Å². The minimum Gasteiger partial charge on any atom is -0.480 e. The number of carboxylic acids is 1. The van der Waals surface area contributed by atoms with Gasteiger partial charge in [-0.2, -0.15) is 0 Å². The lowest BCUT2D eigenvalue weighted by molar-refractivity contribution is -0.380. The van der Waals surface area contributed by atoms with E-state index >= 15 is 0 Å². The van der Waals surface area contributed by atoms with Crippen LogP contribution in [0.15, 0.2) is 11.4 Å². The quantitative estimate of drug-likeness (QED) is 0.615. The SMILES string of the molecule is Cl.NC(Cc1csc([N+](=O)[O-])c1)C(=O)O. The summed E-state index contributed by atoms with van der Waals surface area (Å²) < 4.78 is 0. The zero-order chi connectivity index (χ0) is 10.7. The Bertz CT molecular complexity index is 368. The van der Waals surface area contributed by atoms with E-state index < -0.39 is 16.9 Å². The van der Waals surface area contributed by atoms with Gasteiger partial charge in [0.15, 0.2) is 0 Å². The Morgan fingerprint density at radius 3 is 2.73 bits per heavy atom. The maximum absolute atomic E-state index is 10.4. The largest absolute Gasteiger partial charge is 0.480 e. The van der Waals surface area contributed by atoms with Gasteiger partial charge < -0.3 is 10.8 Å². The number of rotatable bonds is 4. The standard InChI is InChI=1S/C7H8N2O4S.ClH/c8-5(7(10)11)1-4-2-6(9(12)13)14-3-4;/h2-3,5H,1,8H2,(H,10,11);1H. The molecular weight excluding hydrogens is 244 g/mol. The van der Waals surface area contributed by atoms with Crippen LogP contribution in [0, 0.1) is 10.1 Å². The van der Waals surface area contributed by atoms with E-state index in [9.17, 15) is 14.9 Å². The molecule has 1 unspecified atom stereocenters. The summed E-state index contributed by atoms with van der Waals surface area (Å²) in [6.07, 6.45) is 0.111. The molecule has 84 valence electrons. The van der Waals surface area contributed by atoms with Gasteiger partial charge >= 0.3 is 11.0 Å². The van der Waals surface area contributed by atoms with Crippen molar-refractivity contribution in [2.24, 2.45) is 5.73 Å². The van der Waals surface area contributed by atoms with E-state index in [2.05, 4.69) is 0 Å². The molecule has 15 heavy (non-hydrogen) atoms. The molecule has 1 heterocycles. The molecule has 0 aliphatic carbocycles. The average Bonchev–Trinajstić information content (AvgIpc) is 2.52. The summed E-state index contributed by atoms with van der Waals surface area (Å²) >= 11 is 0.964. The fourth-order valence-corrected chi connectivity index (χ4v) is 1.65. The van der Waals surface area contributed by atoms with Gasteiger partial charge in [0.05, 0.1) is 4.92 Å². The Balaban J connectivity index is 0.00000196. The number of thiophene rings is 1. The van der Waals surface area contributed by atoms with Gasteiger partial charge in [-0.1, -0.05) is 11.3 Å². The number of nitrogens with two attached hydrogens (primary N) is 1. The van der Waals surface area contributed by atoms with Crippen molar-refractivity contribution in [2.45, 2.75) is 12.5 Å². The molecule has 1 aromatic rings. The zero-order valence-electron chi connectivity index (χ0n) is 7.45. The van der Waals surface area contributed by atoms with Gasteiger partial charge in [0.1, 0.15) is 6.04 Å². The molecule has 1 atom stereocenters. The van der Waals surface area contributed by atoms with E-state index in [1.165, 1.54) is 6.07 Å². The number of carboxylic acid groups (broad SMARTS) is 1. The molecule has 0 bridgehead atoms. The van der Waals surface area contributed by atoms with Crippen LogP contribution < -0.4 is 5.73 Å². The highest BCUT2D eigenvalue weighted by Gasteiger charge is 2.15. The second-order valence-corrected chi connectivity index (χ2v) is 3.59. The molecule has 1 rings (SSSR count). The Morgan fingerprint density at radius 1 is 1.73 bits per heavy atom. The predicted octanol–water partition coefficient (Wildman–Crippen LogP) is 1.03. The second-order valence-electron chi connectivity index (χ2n) is 2.70. The van der Waals surface area contributed by atoms with Crippen LogP contribution in [0.2, 0.25) is 0 Å². The summed E-state index contributed by atoms with van der Waals surface area (Å²) in [6, 6.07) is 0.331. The Kier molecular flexibility index (Phi) is 5.20. The molecule has 0 aliphatic heterocycles. The van der Waals surface area contributed by atoms with Gasteiger partial charge in [-0.25, -0.2) is 0 Å². The first-order valence-corrected chi connectivity index (χ1v) is 4.59. The van der Waals surface area contributed by atoms with Crippen LogP contribution in [-0.4, -0.2) is 22.0 Å². The van der Waals surface area contributed by atoms with E-state index in [0.29, 0.717) is 5.56 Å². The van der Waals surface area contributed by atoms with Gasteiger partial charge in [0.25, 0.3) is 0 Å². The lowest BCUT2D eigenvalue weighted by Gasteiger charge is -2.02. The smallest absolute Gasteiger partial charge is 0.324 e. The average molecular weight is 253 g/mol. The molecule has 0 spiro atoms. The number of halogens is 1. The maximum Gasteiger partial charge on any atom is 0.324 e. The third-order valence-electron chi connectivity index (χ3n) is 1.59. The van der Waals surface area contributed by atoms with E-state index in [4.69, 9.17) is 10.8 Å². The third-order valence-corrected chi connectivity index (χ3v) is 2.52. The summed E-state index contributed by atoms with van der Waals surface area (Å²) in [5.41, 5.74) is 5.85. The molecule has 0 aromatic carbocycles. The van der Waals surface area contributed by atoms with Crippen LogP contribution in [0.5, 0.6) is 0 Å². The minimum atomic E-state index is -1.11. The first-order valence-electron chi connectivity index (χ1n) is 3.71. The first kappa shape index (κ1) is 13.8. The highest BCUT2D eigenvalue weighted by atomic mass is 35.5. The van der Waals surface area contributed by atoms with Crippen molar-refractivity contribution in [2.75, 3.05) is 0 Å². The molecule has 0 aliphatic rings. The van der Waals surface area contributed by atoms with Crippen molar-refractivity contribution in [1.82, 2.24) is 0 Å². The van der Waals surface area contributed by atoms with Crippen molar-refractivity contribution >= 4 is 34.7 Å². The molecule has 0 saturated heterocycles. The first-order chi connectivity index (χ1) is 6.50. The fourth-order valence-electron chi connectivity index (χ4n) is 0.907.